The van der Waals surface area contributed by atoms with Crippen LogP contribution in [-0.4, -0.2) is 33.2 Å². The van der Waals surface area contributed by atoms with Crippen LogP contribution in [0.3, 0.4) is 0 Å². The van der Waals surface area contributed by atoms with Crippen molar-refractivity contribution in [3.8, 4) is 0 Å². The molecule has 0 aliphatic heterocycles. The zero-order valence-corrected chi connectivity index (χ0v) is 11.1. The Hall–Kier alpha value is -2.89. The number of rotatable bonds is 7. The lowest BCUT2D eigenvalue weighted by molar-refractivity contribution is 0.0647. The summed E-state index contributed by atoms with van der Waals surface area (Å²) in [6.45, 7) is 6.94. The van der Waals surface area contributed by atoms with Gasteiger partial charge in [0.2, 0.25) is 0 Å². The third-order valence-electron chi connectivity index (χ3n) is 2.88. The Bertz CT molecular complexity index is 642. The molecule has 0 aliphatic carbocycles. The van der Waals surface area contributed by atoms with Crippen molar-refractivity contribution in [3.63, 3.8) is 0 Å². The molecule has 0 fully saturated rings. The second kappa shape index (κ2) is 6.51. The average molecular weight is 290 g/mol. The number of hydrogen-bond acceptors (Lipinski definition) is 3. The highest BCUT2D eigenvalue weighted by Crippen LogP contribution is 2.26. The normalized spacial score (nSPS) is 9.90. The van der Waals surface area contributed by atoms with E-state index in [0.29, 0.717) is 0 Å². The lowest BCUT2D eigenvalue weighted by atomic mass is 9.88. The molecule has 0 spiro atoms. The van der Waals surface area contributed by atoms with Gasteiger partial charge < -0.3 is 15.3 Å². The number of allylic oxidation sites excluding steroid dienone is 2. The predicted molar refractivity (Wildman–Crippen MR) is 75.1 cm³/mol. The molecule has 6 nitrogen and oxygen atoms in total. The quantitative estimate of drug-likeness (QED) is 0.664. The Morgan fingerprint density at radius 2 is 1.43 bits per heavy atom. The van der Waals surface area contributed by atoms with Gasteiger partial charge in [0.1, 0.15) is 0 Å². The topological polar surface area (TPSA) is 112 Å². The molecule has 0 saturated heterocycles. The summed E-state index contributed by atoms with van der Waals surface area (Å²) >= 11 is 0. The lowest BCUT2D eigenvalue weighted by Gasteiger charge is -2.15. The van der Waals surface area contributed by atoms with Crippen molar-refractivity contribution >= 4 is 17.9 Å². The zero-order valence-electron chi connectivity index (χ0n) is 11.1. The van der Waals surface area contributed by atoms with Crippen LogP contribution in [-0.2, 0) is 12.8 Å². The van der Waals surface area contributed by atoms with Crippen molar-refractivity contribution in [2.45, 2.75) is 12.8 Å². The second-order valence-electron chi connectivity index (χ2n) is 4.21. The molecule has 0 heterocycles. The Morgan fingerprint density at radius 1 is 0.905 bits per heavy atom. The van der Waals surface area contributed by atoms with Gasteiger partial charge >= 0.3 is 17.9 Å². The molecule has 0 atom stereocenters. The van der Waals surface area contributed by atoms with Crippen molar-refractivity contribution in [3.05, 3.63) is 59.2 Å². The highest BCUT2D eigenvalue weighted by molar-refractivity contribution is 6.06. The van der Waals surface area contributed by atoms with Crippen molar-refractivity contribution in [2.24, 2.45) is 0 Å². The minimum absolute atomic E-state index is 0.0610. The summed E-state index contributed by atoms with van der Waals surface area (Å²) in [6, 6.07) is 1.07. The molecule has 1 aromatic carbocycles. The summed E-state index contributed by atoms with van der Waals surface area (Å²) in [5.41, 5.74) is -1.04. The third-order valence-corrected chi connectivity index (χ3v) is 2.88. The van der Waals surface area contributed by atoms with E-state index < -0.39 is 29.0 Å². The van der Waals surface area contributed by atoms with Gasteiger partial charge in [0, 0.05) is 0 Å². The van der Waals surface area contributed by atoms with Gasteiger partial charge in [-0.2, -0.15) is 0 Å². The summed E-state index contributed by atoms with van der Waals surface area (Å²) in [7, 11) is 0. The number of benzene rings is 1. The minimum atomic E-state index is -1.49. The van der Waals surface area contributed by atoms with E-state index in [4.69, 9.17) is 5.11 Å². The maximum absolute atomic E-state index is 11.4. The van der Waals surface area contributed by atoms with Gasteiger partial charge in [-0.1, -0.05) is 12.2 Å². The number of carbonyl (C=O) groups is 3. The number of aromatic carboxylic acids is 3. The van der Waals surface area contributed by atoms with Crippen molar-refractivity contribution in [2.75, 3.05) is 0 Å². The molecule has 6 heteroatoms. The summed E-state index contributed by atoms with van der Waals surface area (Å²) < 4.78 is 0. The Kier molecular flexibility index (Phi) is 5.01. The fourth-order valence-corrected chi connectivity index (χ4v) is 2.14. The summed E-state index contributed by atoms with van der Waals surface area (Å²) in [6.07, 6.45) is 2.81. The molecule has 0 aliphatic rings. The van der Waals surface area contributed by atoms with Crippen LogP contribution >= 0.6 is 0 Å². The van der Waals surface area contributed by atoms with E-state index >= 15 is 0 Å². The molecule has 110 valence electrons. The van der Waals surface area contributed by atoms with E-state index in [1.807, 2.05) is 0 Å². The third kappa shape index (κ3) is 3.17. The van der Waals surface area contributed by atoms with Crippen LogP contribution in [0.15, 0.2) is 31.4 Å². The van der Waals surface area contributed by atoms with Gasteiger partial charge in [-0.3, -0.25) is 0 Å². The molecule has 0 saturated carbocycles. The van der Waals surface area contributed by atoms with Crippen LogP contribution in [0.4, 0.5) is 0 Å². The summed E-state index contributed by atoms with van der Waals surface area (Å²) in [4.78, 5) is 34.1. The fraction of sp³-hybridized carbons (Fsp3) is 0.133. The number of carboxylic acids is 3. The monoisotopic (exact) mass is 290 g/mol. The molecular weight excluding hydrogens is 276 g/mol. The SMILES string of the molecule is C=CCc1cc(C(=O)O)c(C(=O)O)c(CC=C)c1C(=O)O. The van der Waals surface area contributed by atoms with E-state index in [-0.39, 0.29) is 29.5 Å². The molecule has 1 rings (SSSR count). The highest BCUT2D eigenvalue weighted by Gasteiger charge is 2.27. The standard InChI is InChI=1S/C15H14O6/c1-3-5-8-7-10(13(16)17)12(15(20)21)9(6-4-2)11(8)14(18)19/h3-4,7H,1-2,5-6H2,(H,16,17)(H,18,19)(H,20,21). The first-order valence-electron chi connectivity index (χ1n) is 5.95. The first kappa shape index (κ1) is 16.2. The van der Waals surface area contributed by atoms with Crippen LogP contribution in [0.5, 0.6) is 0 Å². The minimum Gasteiger partial charge on any atom is -0.478 e. The lowest BCUT2D eigenvalue weighted by Crippen LogP contribution is -2.18. The predicted octanol–water partition coefficient (Wildman–Crippen LogP) is 2.24. The average Bonchev–Trinajstić information content (AvgIpc) is 2.37. The first-order valence-corrected chi connectivity index (χ1v) is 5.95. The van der Waals surface area contributed by atoms with Gasteiger partial charge in [-0.25, -0.2) is 14.4 Å². The van der Waals surface area contributed by atoms with Crippen molar-refractivity contribution in [1.82, 2.24) is 0 Å². The van der Waals surface area contributed by atoms with E-state index in [1.165, 1.54) is 12.2 Å². The molecule has 21 heavy (non-hydrogen) atoms. The van der Waals surface area contributed by atoms with Crippen LogP contribution in [0.2, 0.25) is 0 Å². The van der Waals surface area contributed by atoms with E-state index in [2.05, 4.69) is 13.2 Å². The summed E-state index contributed by atoms with van der Waals surface area (Å²) in [5, 5.41) is 27.7. The first-order chi connectivity index (χ1) is 9.84. The van der Waals surface area contributed by atoms with Crippen LogP contribution in [0.25, 0.3) is 0 Å². The van der Waals surface area contributed by atoms with Crippen molar-refractivity contribution < 1.29 is 29.7 Å². The van der Waals surface area contributed by atoms with Gasteiger partial charge in [0.15, 0.2) is 0 Å². The molecule has 0 radical (unpaired) electrons. The Labute approximate surface area is 120 Å². The largest absolute Gasteiger partial charge is 0.478 e. The molecule has 0 amide bonds. The smallest absolute Gasteiger partial charge is 0.336 e. The Balaban J connectivity index is 3.91. The van der Waals surface area contributed by atoms with Gasteiger partial charge in [-0.05, 0) is 30.0 Å². The van der Waals surface area contributed by atoms with Gasteiger partial charge in [0.05, 0.1) is 16.7 Å². The van der Waals surface area contributed by atoms with Gasteiger partial charge in [-0.15, -0.1) is 13.2 Å². The maximum Gasteiger partial charge on any atom is 0.336 e. The molecule has 0 bridgehead atoms. The zero-order chi connectivity index (χ0) is 16.2. The Morgan fingerprint density at radius 3 is 1.81 bits per heavy atom. The van der Waals surface area contributed by atoms with E-state index in [0.717, 1.165) is 6.07 Å². The number of hydrogen-bond donors (Lipinski definition) is 3. The second-order valence-corrected chi connectivity index (χ2v) is 4.21. The molecule has 1 aromatic rings. The highest BCUT2D eigenvalue weighted by atomic mass is 16.4. The van der Waals surface area contributed by atoms with Gasteiger partial charge in [0.25, 0.3) is 0 Å². The van der Waals surface area contributed by atoms with Crippen LogP contribution in [0, 0.1) is 0 Å². The van der Waals surface area contributed by atoms with Crippen LogP contribution < -0.4 is 0 Å². The molecule has 3 N–H and O–H groups in total. The molecule has 0 aromatic heterocycles. The van der Waals surface area contributed by atoms with E-state index in [1.54, 1.807) is 0 Å². The summed E-state index contributed by atoms with van der Waals surface area (Å²) in [5.74, 6) is -4.24. The van der Waals surface area contributed by atoms with Crippen LogP contribution in [0.1, 0.15) is 42.2 Å². The number of carboxylic acid groups (broad SMARTS) is 3. The molecule has 0 unspecified atom stereocenters. The fourth-order valence-electron chi connectivity index (χ4n) is 2.14. The maximum atomic E-state index is 11.4. The van der Waals surface area contributed by atoms with Crippen molar-refractivity contribution in [1.29, 1.82) is 0 Å². The van der Waals surface area contributed by atoms with E-state index in [9.17, 15) is 24.6 Å². The molecular formula is C15H14O6.